The van der Waals surface area contributed by atoms with Crippen molar-refractivity contribution in [2.45, 2.75) is 0 Å². The van der Waals surface area contributed by atoms with Crippen LogP contribution < -0.4 is 0 Å². The van der Waals surface area contributed by atoms with Crippen LogP contribution in [0.15, 0.2) is 0 Å². The van der Waals surface area contributed by atoms with Crippen molar-refractivity contribution in [2.24, 2.45) is 0 Å². The Labute approximate surface area is 62.9 Å². The topological polar surface area (TPSA) is 32.7 Å². The van der Waals surface area contributed by atoms with Gasteiger partial charge in [0.2, 0.25) is 1.43 Å². The molecular weight excluding hydrogens is 307 g/mol. The molecule has 0 aliphatic carbocycles. The third kappa shape index (κ3) is 8.89. The van der Waals surface area contributed by atoms with Crippen molar-refractivity contribution in [1.82, 2.24) is 5.23 Å². The maximum atomic E-state index is 6.03. The molecule has 3 nitrogen and oxygen atoms in total. The average Bonchev–Trinajstić information content (AvgIpc) is 1.65. The van der Waals surface area contributed by atoms with Crippen LogP contribution in [0.4, 0.5) is 0 Å². The number of hydrogen-bond donors (Lipinski definition) is 1. The molecule has 0 heterocycles. The summed E-state index contributed by atoms with van der Waals surface area (Å²) in [5, 5.41) is 4.33. The van der Waals surface area contributed by atoms with Crippen LogP contribution in [-0.4, -0.2) is 25.5 Å². The van der Waals surface area contributed by atoms with E-state index in [0.29, 0.717) is 5.23 Å². The molecule has 0 aliphatic rings. The van der Waals surface area contributed by atoms with E-state index in [1.807, 2.05) is 0 Å². The maximum Gasteiger partial charge on any atom is 0.320 e. The minimum Gasteiger partial charge on any atom is -0.353 e. The Morgan fingerprint density at radius 2 is 2.67 bits per heavy atom. The van der Waals surface area contributed by atoms with E-state index in [-0.39, 0.29) is 31.1 Å². The SMILES string of the molecule is [2H]ON(C)O[B].[U]. The third-order valence-corrected chi connectivity index (χ3v) is 0.148. The Bertz CT molecular complexity index is 36.9. The first-order valence-electron chi connectivity index (χ1n) is 1.46. The van der Waals surface area contributed by atoms with Gasteiger partial charge in [-0.25, -0.2) is 0 Å². The van der Waals surface area contributed by atoms with Crippen molar-refractivity contribution < 1.29 is 42.5 Å². The first kappa shape index (κ1) is 7.00. The van der Waals surface area contributed by atoms with E-state index < -0.39 is 0 Å². The zero-order chi connectivity index (χ0) is 4.99. The fourth-order valence-corrected chi connectivity index (χ4v) is 0. The molecule has 0 amide bonds. The molecular formula is CH4BNO2U. The number of nitrogens with zero attached hydrogens (tertiary/aromatic N) is 1. The predicted molar refractivity (Wildman–Crippen MR) is 16.4 cm³/mol. The summed E-state index contributed by atoms with van der Waals surface area (Å²) in [6.45, 7) is 0. The molecule has 0 atom stereocenters. The minimum absolute atomic E-state index is 0. The quantitative estimate of drug-likeness (QED) is 0.542. The molecule has 2 radical (unpaired) electrons. The minimum atomic E-state index is 0. The summed E-state index contributed by atoms with van der Waals surface area (Å²) in [6.07, 6.45) is 0. The molecule has 0 aliphatic heterocycles. The van der Waals surface area contributed by atoms with E-state index in [1.54, 1.807) is 0 Å². The Morgan fingerprint density at radius 3 is 2.67 bits per heavy atom. The molecule has 5 heteroatoms. The van der Waals surface area contributed by atoms with Gasteiger partial charge in [-0.1, -0.05) is 5.23 Å². The van der Waals surface area contributed by atoms with E-state index in [9.17, 15) is 0 Å². The molecule has 0 fully saturated rings. The van der Waals surface area contributed by atoms with Crippen molar-refractivity contribution in [3.63, 3.8) is 0 Å². The molecule has 0 rings (SSSR count). The van der Waals surface area contributed by atoms with Gasteiger partial charge < -0.3 is 4.76 Å². The van der Waals surface area contributed by atoms with E-state index in [2.05, 4.69) is 18.0 Å². The van der Waals surface area contributed by atoms with Gasteiger partial charge in [-0.05, 0) is 0 Å². The summed E-state index contributed by atoms with van der Waals surface area (Å²) < 4.78 is 9.85. The fourth-order valence-electron chi connectivity index (χ4n) is 0. The summed E-state index contributed by atoms with van der Waals surface area (Å²) in [7, 11) is 5.82. The van der Waals surface area contributed by atoms with E-state index >= 15 is 0 Å². The monoisotopic (exact) mass is 312 g/mol. The Kier molecular flexibility index (Phi) is 6.99. The van der Waals surface area contributed by atoms with Crippen LogP contribution in [-0.2, 0) is 4.76 Å². The molecule has 32 valence electrons. The summed E-state index contributed by atoms with van der Waals surface area (Å²) in [5.41, 5.74) is 0. The molecule has 0 spiro atoms. The molecule has 0 saturated carbocycles. The smallest absolute Gasteiger partial charge is 0.320 e. The first-order chi connectivity index (χ1) is 2.81. The summed E-state index contributed by atoms with van der Waals surface area (Å²) in [6, 6.07) is 0. The molecule has 6 heavy (non-hydrogen) atoms. The van der Waals surface area contributed by atoms with Crippen molar-refractivity contribution >= 4 is 8.05 Å². The second kappa shape index (κ2) is 6.00. The molecule has 0 unspecified atom stereocenters. The van der Waals surface area contributed by atoms with Gasteiger partial charge >= 0.3 is 8.05 Å². The second-order valence-electron chi connectivity index (χ2n) is 0.545. The first-order valence-corrected chi connectivity index (χ1v) is 1.05. The molecule has 0 bridgehead atoms. The van der Waals surface area contributed by atoms with Crippen LogP contribution in [0, 0.1) is 31.1 Å². The predicted octanol–water partition coefficient (Wildman–Crippen LogP) is -0.677. The standard InChI is InChI=1S/CH4BNO2.U/c1-3(4)5-2;/h4H,1H3;/i4D;. The van der Waals surface area contributed by atoms with E-state index in [1.165, 1.54) is 7.05 Å². The number of hydroxylamine groups is 2. The summed E-state index contributed by atoms with van der Waals surface area (Å²) in [4.78, 5) is 0. The third-order valence-electron chi connectivity index (χ3n) is 0.148. The van der Waals surface area contributed by atoms with Crippen molar-refractivity contribution in [3.8, 4) is 0 Å². The molecule has 0 aromatic heterocycles. The van der Waals surface area contributed by atoms with Gasteiger partial charge in [0, 0.05) is 38.2 Å². The van der Waals surface area contributed by atoms with Crippen molar-refractivity contribution in [1.29, 1.82) is 0 Å². The van der Waals surface area contributed by atoms with Crippen LogP contribution in [0.5, 0.6) is 0 Å². The van der Waals surface area contributed by atoms with Gasteiger partial charge in [-0.15, -0.1) is 0 Å². The zero-order valence-electron chi connectivity index (χ0n) is 4.34. The van der Waals surface area contributed by atoms with Gasteiger partial charge in [0.1, 0.15) is 0 Å². The van der Waals surface area contributed by atoms with Crippen LogP contribution in [0.3, 0.4) is 0 Å². The van der Waals surface area contributed by atoms with E-state index in [0.717, 1.165) is 0 Å². The normalized spacial score (nSPS) is 10.0. The summed E-state index contributed by atoms with van der Waals surface area (Å²) >= 11 is 0. The fraction of sp³-hybridized carbons (Fsp3) is 1.00. The van der Waals surface area contributed by atoms with Gasteiger partial charge in [-0.3, -0.25) is 5.21 Å². The number of rotatable bonds is 2. The van der Waals surface area contributed by atoms with E-state index in [4.69, 9.17) is 1.43 Å². The van der Waals surface area contributed by atoms with Gasteiger partial charge in [0.25, 0.3) is 0 Å². The molecule has 0 aromatic carbocycles. The van der Waals surface area contributed by atoms with Crippen molar-refractivity contribution in [2.75, 3.05) is 7.05 Å². The maximum absolute atomic E-state index is 6.03. The molecule has 0 aromatic rings. The molecule has 0 saturated heterocycles. The van der Waals surface area contributed by atoms with Gasteiger partial charge in [-0.2, -0.15) is 0 Å². The Balaban J connectivity index is 0. The summed E-state index contributed by atoms with van der Waals surface area (Å²) in [5.74, 6) is 0. The largest absolute Gasteiger partial charge is 0.353 e. The number of hydrogen-bond acceptors (Lipinski definition) is 3. The van der Waals surface area contributed by atoms with Gasteiger partial charge in [0.05, 0.1) is 0 Å². The van der Waals surface area contributed by atoms with Crippen LogP contribution >= 0.6 is 0 Å². The Morgan fingerprint density at radius 1 is 2.17 bits per heavy atom. The second-order valence-corrected chi connectivity index (χ2v) is 0.545. The van der Waals surface area contributed by atoms with Gasteiger partial charge in [0.15, 0.2) is 0 Å². The zero-order valence-corrected chi connectivity index (χ0v) is 7.50. The van der Waals surface area contributed by atoms with Crippen LogP contribution in [0.25, 0.3) is 0 Å². The Hall–Kier alpha value is 0.997. The molecule has 1 N–H and O–H groups in total. The van der Waals surface area contributed by atoms with Crippen molar-refractivity contribution in [3.05, 3.63) is 0 Å². The van der Waals surface area contributed by atoms with Crippen LogP contribution in [0.2, 0.25) is 1.43 Å². The average molecular weight is 312 g/mol. The van der Waals surface area contributed by atoms with Crippen LogP contribution in [0.1, 0.15) is 0 Å².